The number of carbonyl (C=O) groups excluding carboxylic acids is 1. The van der Waals surface area contributed by atoms with Crippen LogP contribution in [0.25, 0.3) is 0 Å². The first-order valence-electron chi connectivity index (χ1n) is 6.53. The number of thioether (sulfide) groups is 1. The molecule has 108 valence electrons. The van der Waals surface area contributed by atoms with Crippen LogP contribution >= 0.6 is 11.8 Å². The van der Waals surface area contributed by atoms with Crippen molar-refractivity contribution in [1.82, 2.24) is 4.90 Å². The van der Waals surface area contributed by atoms with Crippen molar-refractivity contribution in [1.29, 1.82) is 0 Å². The van der Waals surface area contributed by atoms with Crippen LogP contribution in [0, 0.1) is 10.1 Å². The molecule has 1 saturated heterocycles. The van der Waals surface area contributed by atoms with Gasteiger partial charge in [-0.25, -0.2) is 0 Å². The van der Waals surface area contributed by atoms with Crippen LogP contribution in [0.5, 0.6) is 0 Å². The minimum Gasteiger partial charge on any atom is -0.334 e. The molecule has 0 unspecified atom stereocenters. The highest BCUT2D eigenvalue weighted by Gasteiger charge is 2.22. The van der Waals surface area contributed by atoms with E-state index in [4.69, 9.17) is 0 Å². The first-order valence-corrected chi connectivity index (χ1v) is 7.52. The Kier molecular flexibility index (Phi) is 4.97. The van der Waals surface area contributed by atoms with E-state index < -0.39 is 4.92 Å². The Labute approximate surface area is 121 Å². The van der Waals surface area contributed by atoms with Crippen molar-refractivity contribution in [3.8, 4) is 0 Å². The molecule has 1 aromatic carbocycles. The Hall–Kier alpha value is -1.60. The van der Waals surface area contributed by atoms with Crippen molar-refractivity contribution in [2.24, 2.45) is 0 Å². The second kappa shape index (κ2) is 6.71. The van der Waals surface area contributed by atoms with E-state index in [1.54, 1.807) is 18.2 Å². The average molecular weight is 296 g/mol. The Balaban J connectivity index is 1.92. The van der Waals surface area contributed by atoms with Gasteiger partial charge in [-0.1, -0.05) is 12.1 Å². The van der Waals surface area contributed by atoms with Gasteiger partial charge in [0.1, 0.15) is 0 Å². The molecule has 1 aliphatic heterocycles. The third kappa shape index (κ3) is 3.71. The zero-order valence-corrected chi connectivity index (χ0v) is 12.2. The summed E-state index contributed by atoms with van der Waals surface area (Å²) in [7, 11) is 2.11. The number of carbonyl (C=O) groups is 1. The summed E-state index contributed by atoms with van der Waals surface area (Å²) >= 11 is 1.24. The lowest BCUT2D eigenvalue weighted by Crippen LogP contribution is -3.12. The summed E-state index contributed by atoms with van der Waals surface area (Å²) < 4.78 is 0. The molecule has 1 fully saturated rings. The smallest absolute Gasteiger partial charge is 0.282 e. The van der Waals surface area contributed by atoms with Gasteiger partial charge in [0.05, 0.1) is 48.8 Å². The maximum Gasteiger partial charge on any atom is 0.282 e. The molecule has 20 heavy (non-hydrogen) atoms. The third-order valence-corrected chi connectivity index (χ3v) is 4.43. The molecule has 0 bridgehead atoms. The lowest BCUT2D eigenvalue weighted by atomic mass is 10.3. The SMILES string of the molecule is C[NH+]1CCN(C(=O)CSc2ccccc2[N+](=O)[O-])CC1. The molecule has 0 atom stereocenters. The van der Waals surface area contributed by atoms with E-state index in [9.17, 15) is 14.9 Å². The molecule has 6 nitrogen and oxygen atoms in total. The van der Waals surface area contributed by atoms with E-state index in [-0.39, 0.29) is 17.3 Å². The van der Waals surface area contributed by atoms with E-state index in [1.807, 2.05) is 4.90 Å². The predicted molar refractivity (Wildman–Crippen MR) is 77.0 cm³/mol. The molecule has 1 aromatic rings. The number of amides is 1. The van der Waals surface area contributed by atoms with E-state index in [0.29, 0.717) is 4.90 Å². The number of hydrogen-bond acceptors (Lipinski definition) is 4. The minimum atomic E-state index is -0.411. The second-order valence-corrected chi connectivity index (χ2v) is 5.87. The summed E-state index contributed by atoms with van der Waals surface area (Å²) in [4.78, 5) is 26.4. The van der Waals surface area contributed by atoms with Crippen LogP contribution in [0.15, 0.2) is 29.2 Å². The lowest BCUT2D eigenvalue weighted by Gasteiger charge is -2.30. The zero-order valence-electron chi connectivity index (χ0n) is 11.4. The summed E-state index contributed by atoms with van der Waals surface area (Å²) in [5, 5.41) is 10.9. The van der Waals surface area contributed by atoms with Gasteiger partial charge in [-0.3, -0.25) is 14.9 Å². The highest BCUT2D eigenvalue weighted by atomic mass is 32.2. The van der Waals surface area contributed by atoms with Gasteiger partial charge in [0.25, 0.3) is 5.69 Å². The van der Waals surface area contributed by atoms with Crippen LogP contribution in [0.4, 0.5) is 5.69 Å². The maximum absolute atomic E-state index is 12.1. The highest BCUT2D eigenvalue weighted by Crippen LogP contribution is 2.28. The Morgan fingerprint density at radius 2 is 2.05 bits per heavy atom. The van der Waals surface area contributed by atoms with Crippen LogP contribution < -0.4 is 4.90 Å². The lowest BCUT2D eigenvalue weighted by molar-refractivity contribution is -0.883. The number of hydrogen-bond donors (Lipinski definition) is 1. The Morgan fingerprint density at radius 3 is 2.70 bits per heavy atom. The number of piperazine rings is 1. The summed E-state index contributed by atoms with van der Waals surface area (Å²) in [6, 6.07) is 6.53. The van der Waals surface area contributed by atoms with Gasteiger partial charge in [0.2, 0.25) is 5.91 Å². The van der Waals surface area contributed by atoms with Crippen LogP contribution in [-0.2, 0) is 4.79 Å². The number of nitro benzene ring substituents is 1. The van der Waals surface area contributed by atoms with Gasteiger partial charge in [-0.2, -0.15) is 0 Å². The summed E-state index contributed by atoms with van der Waals surface area (Å²) in [5.74, 6) is 0.310. The minimum absolute atomic E-state index is 0.0562. The molecule has 0 aliphatic carbocycles. The van der Waals surface area contributed by atoms with Crippen LogP contribution in [0.1, 0.15) is 0 Å². The van der Waals surface area contributed by atoms with Crippen molar-refractivity contribution >= 4 is 23.4 Å². The van der Waals surface area contributed by atoms with Crippen molar-refractivity contribution in [2.45, 2.75) is 4.90 Å². The van der Waals surface area contributed by atoms with E-state index >= 15 is 0 Å². The Bertz CT molecular complexity index is 501. The van der Waals surface area contributed by atoms with Crippen LogP contribution in [0.2, 0.25) is 0 Å². The number of nitrogens with zero attached hydrogens (tertiary/aromatic N) is 2. The monoisotopic (exact) mass is 296 g/mol. The molecule has 1 aliphatic rings. The number of quaternary nitrogens is 1. The van der Waals surface area contributed by atoms with Gasteiger partial charge in [-0.15, -0.1) is 11.8 Å². The molecule has 0 radical (unpaired) electrons. The number of likely N-dealkylation sites (N-methyl/N-ethyl adjacent to an activating group) is 1. The highest BCUT2D eigenvalue weighted by molar-refractivity contribution is 8.00. The quantitative estimate of drug-likeness (QED) is 0.484. The van der Waals surface area contributed by atoms with Crippen molar-refractivity contribution < 1.29 is 14.6 Å². The predicted octanol–water partition coefficient (Wildman–Crippen LogP) is 0.0438. The number of benzene rings is 1. The maximum atomic E-state index is 12.1. The fourth-order valence-electron chi connectivity index (χ4n) is 2.10. The Morgan fingerprint density at radius 1 is 1.40 bits per heavy atom. The average Bonchev–Trinajstić information content (AvgIpc) is 2.45. The summed E-state index contributed by atoms with van der Waals surface area (Å²) in [6.45, 7) is 3.45. The van der Waals surface area contributed by atoms with Crippen LogP contribution in [-0.4, -0.2) is 54.7 Å². The van der Waals surface area contributed by atoms with Gasteiger partial charge in [-0.05, 0) is 6.07 Å². The van der Waals surface area contributed by atoms with Crippen molar-refractivity contribution in [3.05, 3.63) is 34.4 Å². The molecule has 2 rings (SSSR count). The fourth-order valence-corrected chi connectivity index (χ4v) is 3.03. The van der Waals surface area contributed by atoms with Gasteiger partial charge in [0, 0.05) is 6.07 Å². The molecule has 1 amide bonds. The molecule has 0 spiro atoms. The van der Waals surface area contributed by atoms with Gasteiger partial charge in [0.15, 0.2) is 0 Å². The first kappa shape index (κ1) is 14.8. The first-order chi connectivity index (χ1) is 9.58. The molecule has 0 saturated carbocycles. The molecular weight excluding hydrogens is 278 g/mol. The van der Waals surface area contributed by atoms with E-state index in [2.05, 4.69) is 7.05 Å². The molecule has 7 heteroatoms. The molecule has 0 aromatic heterocycles. The standard InChI is InChI=1S/C13H17N3O3S/c1-14-6-8-15(9-7-14)13(17)10-20-12-5-3-2-4-11(12)16(18)19/h2-5H,6-10H2,1H3/p+1. The number of para-hydroxylation sites is 1. The summed E-state index contributed by atoms with van der Waals surface area (Å²) in [5.41, 5.74) is 0.0631. The fraction of sp³-hybridized carbons (Fsp3) is 0.462. The molecular formula is C13H18N3O3S+. The van der Waals surface area contributed by atoms with Crippen molar-refractivity contribution in [3.63, 3.8) is 0 Å². The number of nitrogens with one attached hydrogen (secondary N) is 1. The largest absolute Gasteiger partial charge is 0.334 e. The second-order valence-electron chi connectivity index (χ2n) is 4.85. The van der Waals surface area contributed by atoms with Crippen molar-refractivity contribution in [2.75, 3.05) is 39.0 Å². The number of nitro groups is 1. The van der Waals surface area contributed by atoms with E-state index in [1.165, 1.54) is 22.7 Å². The zero-order chi connectivity index (χ0) is 14.5. The third-order valence-electron chi connectivity index (χ3n) is 3.38. The number of rotatable bonds is 4. The van der Waals surface area contributed by atoms with E-state index in [0.717, 1.165) is 26.2 Å². The van der Waals surface area contributed by atoms with Crippen LogP contribution in [0.3, 0.4) is 0 Å². The molecule has 1 N–H and O–H groups in total. The topological polar surface area (TPSA) is 67.9 Å². The van der Waals surface area contributed by atoms with Gasteiger partial charge < -0.3 is 9.80 Å². The van der Waals surface area contributed by atoms with Gasteiger partial charge >= 0.3 is 0 Å². The summed E-state index contributed by atoms with van der Waals surface area (Å²) in [6.07, 6.45) is 0. The normalized spacial score (nSPS) is 16.1. The molecule has 1 heterocycles.